The van der Waals surface area contributed by atoms with Gasteiger partial charge in [0.05, 0.1) is 10.7 Å². The van der Waals surface area contributed by atoms with E-state index in [9.17, 15) is 17.6 Å². The van der Waals surface area contributed by atoms with Crippen molar-refractivity contribution >= 4 is 33.2 Å². The molecule has 1 unspecified atom stereocenters. The molecule has 1 rings (SSSR count). The van der Waals surface area contributed by atoms with Gasteiger partial charge in [0.15, 0.2) is 0 Å². The summed E-state index contributed by atoms with van der Waals surface area (Å²) >= 11 is 5.88. The van der Waals surface area contributed by atoms with E-state index in [1.807, 2.05) is 0 Å². The monoisotopic (exact) mass is 337 g/mol. The Morgan fingerprint density at radius 2 is 2.10 bits per heavy atom. The summed E-state index contributed by atoms with van der Waals surface area (Å²) in [5, 5.41) is 2.25. The summed E-state index contributed by atoms with van der Waals surface area (Å²) in [5.74, 6) is -1.44. The average molecular weight is 338 g/mol. The van der Waals surface area contributed by atoms with Gasteiger partial charge in [-0.25, -0.2) is 12.8 Å². The molecule has 6 nitrogen and oxygen atoms in total. The lowest BCUT2D eigenvalue weighted by Gasteiger charge is -2.23. The normalized spacial score (nSPS) is 13.3. The van der Waals surface area contributed by atoms with Gasteiger partial charge in [0, 0.05) is 32.6 Å². The van der Waals surface area contributed by atoms with Crippen LogP contribution in [0.4, 0.5) is 10.1 Å². The van der Waals surface area contributed by atoms with Gasteiger partial charge in [-0.3, -0.25) is 4.79 Å². The van der Waals surface area contributed by atoms with E-state index in [-0.39, 0.29) is 17.3 Å². The van der Waals surface area contributed by atoms with Crippen molar-refractivity contribution in [2.24, 2.45) is 5.73 Å². The van der Waals surface area contributed by atoms with E-state index in [0.717, 1.165) is 16.4 Å². The Kier molecular flexibility index (Phi) is 5.68. The predicted molar refractivity (Wildman–Crippen MR) is 79.2 cm³/mol. The second-order valence-electron chi connectivity index (χ2n) is 4.55. The fraction of sp³-hybridized carbons (Fsp3) is 0.417. The number of nitrogens with zero attached hydrogens (tertiary/aromatic N) is 1. The second-order valence-corrected chi connectivity index (χ2v) is 6.92. The summed E-state index contributed by atoms with van der Waals surface area (Å²) in [4.78, 5) is 10.4. The van der Waals surface area contributed by atoms with Crippen LogP contribution in [0, 0.1) is 5.82 Å². The summed E-state index contributed by atoms with van der Waals surface area (Å²) in [6, 6.07) is 1.35. The largest absolute Gasteiger partial charge is 0.329 e. The average Bonchev–Trinajstić information content (AvgIpc) is 2.39. The van der Waals surface area contributed by atoms with Crippen molar-refractivity contribution < 1.29 is 17.6 Å². The van der Waals surface area contributed by atoms with Gasteiger partial charge < -0.3 is 11.1 Å². The standard InChI is InChI=1S/C12H17ClFN3O3S/c1-7(6-15)17(3)21(19,20)12-4-9(13)11(5-10(12)14)16-8(2)18/h4-5,7H,6,15H2,1-3H3,(H,16,18). The van der Waals surface area contributed by atoms with Crippen LogP contribution in [0.15, 0.2) is 17.0 Å². The lowest BCUT2D eigenvalue weighted by atomic mass is 10.3. The number of benzene rings is 1. The molecule has 1 aromatic rings. The quantitative estimate of drug-likeness (QED) is 0.849. The molecule has 0 fully saturated rings. The van der Waals surface area contributed by atoms with Gasteiger partial charge in [0.1, 0.15) is 10.7 Å². The number of amides is 1. The Labute approximate surface area is 128 Å². The molecule has 0 saturated heterocycles. The molecule has 1 aromatic carbocycles. The van der Waals surface area contributed by atoms with Crippen LogP contribution in [-0.2, 0) is 14.8 Å². The van der Waals surface area contributed by atoms with Crippen LogP contribution >= 0.6 is 11.6 Å². The molecule has 0 bridgehead atoms. The van der Waals surface area contributed by atoms with Gasteiger partial charge in [-0.15, -0.1) is 0 Å². The Balaban J connectivity index is 3.32. The zero-order chi connectivity index (χ0) is 16.4. The SMILES string of the molecule is CC(=O)Nc1cc(F)c(S(=O)(=O)N(C)C(C)CN)cc1Cl. The number of nitrogens with one attached hydrogen (secondary N) is 1. The molecule has 0 radical (unpaired) electrons. The molecule has 3 N–H and O–H groups in total. The Hall–Kier alpha value is -1.22. The van der Waals surface area contributed by atoms with Gasteiger partial charge in [-0.1, -0.05) is 11.6 Å². The topological polar surface area (TPSA) is 92.5 Å². The molecule has 0 aliphatic rings. The zero-order valence-corrected chi connectivity index (χ0v) is 13.4. The van der Waals surface area contributed by atoms with Crippen molar-refractivity contribution in [1.29, 1.82) is 0 Å². The van der Waals surface area contributed by atoms with Gasteiger partial charge in [-0.2, -0.15) is 4.31 Å². The van der Waals surface area contributed by atoms with Crippen LogP contribution in [0.2, 0.25) is 5.02 Å². The summed E-state index contributed by atoms with van der Waals surface area (Å²) in [6.07, 6.45) is 0. The number of hydrogen-bond acceptors (Lipinski definition) is 4. The van der Waals surface area contributed by atoms with Crippen LogP contribution in [0.25, 0.3) is 0 Å². The van der Waals surface area contributed by atoms with Gasteiger partial charge in [-0.05, 0) is 13.0 Å². The minimum atomic E-state index is -4.07. The molecule has 1 atom stereocenters. The van der Waals surface area contributed by atoms with Crippen LogP contribution in [0.3, 0.4) is 0 Å². The molecule has 0 aliphatic carbocycles. The fourth-order valence-electron chi connectivity index (χ4n) is 1.55. The fourth-order valence-corrected chi connectivity index (χ4v) is 3.27. The Morgan fingerprint density at radius 3 is 2.57 bits per heavy atom. The first kappa shape index (κ1) is 17.8. The van der Waals surface area contributed by atoms with E-state index in [1.54, 1.807) is 6.92 Å². The first-order valence-electron chi connectivity index (χ1n) is 6.06. The summed E-state index contributed by atoms with van der Waals surface area (Å²) in [6.45, 7) is 2.92. The minimum Gasteiger partial charge on any atom is -0.329 e. The van der Waals surface area contributed by atoms with E-state index in [1.165, 1.54) is 14.0 Å². The number of nitrogens with two attached hydrogens (primary N) is 1. The van der Waals surface area contributed by atoms with E-state index >= 15 is 0 Å². The number of sulfonamides is 1. The molecule has 0 aromatic heterocycles. The number of carbonyl (C=O) groups excluding carboxylic acids is 1. The van der Waals surface area contributed by atoms with Crippen LogP contribution in [0.1, 0.15) is 13.8 Å². The third-order valence-corrected chi connectivity index (χ3v) is 5.25. The van der Waals surface area contributed by atoms with Crippen LogP contribution in [0.5, 0.6) is 0 Å². The molecule has 0 heterocycles. The number of anilines is 1. The summed E-state index contributed by atoms with van der Waals surface area (Å²) < 4.78 is 39.7. The molecule has 0 saturated carbocycles. The molecule has 21 heavy (non-hydrogen) atoms. The maximum Gasteiger partial charge on any atom is 0.246 e. The van der Waals surface area contributed by atoms with Crippen molar-refractivity contribution in [3.63, 3.8) is 0 Å². The molecular formula is C12H17ClFN3O3S. The first-order chi connectivity index (χ1) is 9.61. The molecule has 0 aliphatic heterocycles. The number of likely N-dealkylation sites (N-methyl/N-ethyl adjacent to an activating group) is 1. The molecule has 9 heteroatoms. The van der Waals surface area contributed by atoms with Crippen molar-refractivity contribution in [2.45, 2.75) is 24.8 Å². The smallest absolute Gasteiger partial charge is 0.246 e. The molecule has 118 valence electrons. The van der Waals surface area contributed by atoms with E-state index in [0.29, 0.717) is 0 Å². The number of rotatable bonds is 5. The number of carbonyl (C=O) groups is 1. The van der Waals surface area contributed by atoms with E-state index in [2.05, 4.69) is 5.32 Å². The van der Waals surface area contributed by atoms with E-state index < -0.39 is 32.7 Å². The third-order valence-electron chi connectivity index (χ3n) is 2.95. The summed E-state index contributed by atoms with van der Waals surface area (Å²) in [5.41, 5.74) is 5.43. The maximum atomic E-state index is 14.1. The van der Waals surface area contributed by atoms with Gasteiger partial charge in [0.25, 0.3) is 0 Å². The predicted octanol–water partition coefficient (Wildman–Crippen LogP) is 1.41. The van der Waals surface area contributed by atoms with Crippen LogP contribution < -0.4 is 11.1 Å². The highest BCUT2D eigenvalue weighted by Crippen LogP contribution is 2.29. The van der Waals surface area contributed by atoms with Crippen molar-refractivity contribution in [2.75, 3.05) is 18.9 Å². The van der Waals surface area contributed by atoms with E-state index in [4.69, 9.17) is 17.3 Å². The summed E-state index contributed by atoms with van der Waals surface area (Å²) in [7, 11) is -2.76. The van der Waals surface area contributed by atoms with Crippen molar-refractivity contribution in [3.05, 3.63) is 23.0 Å². The molecular weight excluding hydrogens is 321 g/mol. The van der Waals surface area contributed by atoms with Gasteiger partial charge in [0.2, 0.25) is 15.9 Å². The van der Waals surface area contributed by atoms with Crippen molar-refractivity contribution in [1.82, 2.24) is 4.31 Å². The zero-order valence-electron chi connectivity index (χ0n) is 11.9. The maximum absolute atomic E-state index is 14.1. The van der Waals surface area contributed by atoms with Crippen LogP contribution in [-0.4, -0.2) is 38.3 Å². The second kappa shape index (κ2) is 6.69. The Morgan fingerprint density at radius 1 is 1.52 bits per heavy atom. The minimum absolute atomic E-state index is 0.00939. The molecule has 0 spiro atoms. The lowest BCUT2D eigenvalue weighted by molar-refractivity contribution is -0.114. The van der Waals surface area contributed by atoms with Gasteiger partial charge >= 0.3 is 0 Å². The number of hydrogen-bond donors (Lipinski definition) is 2. The lowest BCUT2D eigenvalue weighted by Crippen LogP contribution is -2.40. The first-order valence-corrected chi connectivity index (χ1v) is 7.87. The number of halogens is 2. The highest BCUT2D eigenvalue weighted by atomic mass is 35.5. The third kappa shape index (κ3) is 3.91. The Bertz CT molecular complexity index is 651. The highest BCUT2D eigenvalue weighted by molar-refractivity contribution is 7.89. The highest BCUT2D eigenvalue weighted by Gasteiger charge is 2.28. The van der Waals surface area contributed by atoms with Crippen molar-refractivity contribution in [3.8, 4) is 0 Å². The molecule has 1 amide bonds.